The first-order chi connectivity index (χ1) is 12.2. The molecule has 3 rings (SSSR count). The molecule has 26 heavy (non-hydrogen) atoms. The Morgan fingerprint density at radius 3 is 2.62 bits per heavy atom. The largest absolute Gasteiger partial charge is 0.312 e. The number of nitrogens with zero attached hydrogens (tertiary/aromatic N) is 3. The lowest BCUT2D eigenvalue weighted by atomic mass is 9.93. The van der Waals surface area contributed by atoms with Crippen LogP contribution in [0.3, 0.4) is 0 Å². The van der Waals surface area contributed by atoms with Crippen LogP contribution in [0.1, 0.15) is 37.8 Å². The van der Waals surface area contributed by atoms with Crippen molar-refractivity contribution in [1.82, 2.24) is 10.2 Å². The van der Waals surface area contributed by atoms with Gasteiger partial charge in [-0.25, -0.2) is 0 Å². The van der Waals surface area contributed by atoms with Gasteiger partial charge in [0, 0.05) is 25.1 Å². The Morgan fingerprint density at radius 2 is 1.96 bits per heavy atom. The lowest BCUT2D eigenvalue weighted by molar-refractivity contribution is -0.122. The van der Waals surface area contributed by atoms with Gasteiger partial charge in [-0.15, -0.1) is 10.2 Å². The summed E-state index contributed by atoms with van der Waals surface area (Å²) in [5.41, 5.74) is 2.09. The second kappa shape index (κ2) is 7.15. The van der Waals surface area contributed by atoms with E-state index in [4.69, 9.17) is 0 Å². The summed E-state index contributed by atoms with van der Waals surface area (Å²) in [5.74, 6) is -0.579. The Kier molecular flexibility index (Phi) is 5.09. The first-order valence-corrected chi connectivity index (χ1v) is 9.53. The van der Waals surface area contributed by atoms with E-state index in [-0.39, 0.29) is 29.6 Å². The number of anilines is 2. The van der Waals surface area contributed by atoms with Crippen molar-refractivity contribution in [3.05, 3.63) is 34.8 Å². The van der Waals surface area contributed by atoms with Crippen molar-refractivity contribution in [2.75, 3.05) is 16.8 Å². The van der Waals surface area contributed by atoms with Crippen LogP contribution in [0.5, 0.6) is 0 Å². The number of carbonyl (C=O) groups excluding carboxylic acids is 2. The molecule has 1 unspecified atom stereocenters. The molecule has 0 spiro atoms. The normalized spacial score (nSPS) is 17.6. The van der Waals surface area contributed by atoms with Crippen molar-refractivity contribution in [1.29, 1.82) is 0 Å². The Morgan fingerprint density at radius 1 is 1.27 bits per heavy atom. The fourth-order valence-corrected chi connectivity index (χ4v) is 3.94. The topological polar surface area (TPSA) is 75.2 Å². The fourth-order valence-electron chi connectivity index (χ4n) is 2.89. The van der Waals surface area contributed by atoms with Crippen LogP contribution in [-0.2, 0) is 16.0 Å². The van der Waals surface area contributed by atoms with Crippen LogP contribution < -0.4 is 10.2 Å². The molecule has 2 aromatic rings. The molecule has 1 atom stereocenters. The van der Waals surface area contributed by atoms with Crippen molar-refractivity contribution < 1.29 is 9.59 Å². The van der Waals surface area contributed by atoms with Gasteiger partial charge in [0.25, 0.3) is 0 Å². The molecule has 138 valence electrons. The molecule has 6 nitrogen and oxygen atoms in total. The average molecular weight is 372 g/mol. The molecule has 1 N–H and O–H groups in total. The highest BCUT2D eigenvalue weighted by molar-refractivity contribution is 7.15. The van der Waals surface area contributed by atoms with Crippen LogP contribution >= 0.6 is 11.3 Å². The molecular formula is C19H24N4O2S. The Labute approximate surface area is 157 Å². The van der Waals surface area contributed by atoms with Crippen LogP contribution in [0.15, 0.2) is 24.3 Å². The SMILES string of the molecule is Cc1ccc(N2CC(C(=O)Nc3nnc(CC(C)(C)C)s3)CC2=O)cc1. The molecule has 0 aliphatic carbocycles. The van der Waals surface area contributed by atoms with E-state index in [1.165, 1.54) is 11.3 Å². The third-order valence-corrected chi connectivity index (χ3v) is 5.06. The van der Waals surface area contributed by atoms with E-state index in [0.717, 1.165) is 22.7 Å². The van der Waals surface area contributed by atoms with Crippen LogP contribution in [-0.4, -0.2) is 28.6 Å². The number of amides is 2. The van der Waals surface area contributed by atoms with Gasteiger partial charge < -0.3 is 10.2 Å². The van der Waals surface area contributed by atoms with Gasteiger partial charge in [0.05, 0.1) is 5.92 Å². The number of hydrogen-bond donors (Lipinski definition) is 1. The Hall–Kier alpha value is -2.28. The van der Waals surface area contributed by atoms with Gasteiger partial charge in [-0.2, -0.15) is 0 Å². The summed E-state index contributed by atoms with van der Waals surface area (Å²) in [6.45, 7) is 8.80. The highest BCUT2D eigenvalue weighted by Gasteiger charge is 2.35. The zero-order chi connectivity index (χ0) is 18.9. The summed E-state index contributed by atoms with van der Waals surface area (Å²) < 4.78 is 0. The maximum absolute atomic E-state index is 12.5. The van der Waals surface area contributed by atoms with Crippen LogP contribution in [0.25, 0.3) is 0 Å². The molecule has 2 amide bonds. The Balaban J connectivity index is 1.62. The number of carbonyl (C=O) groups is 2. The summed E-state index contributed by atoms with van der Waals surface area (Å²) in [6, 6.07) is 7.76. The minimum absolute atomic E-state index is 0.0281. The number of aromatic nitrogens is 2. The van der Waals surface area contributed by atoms with Gasteiger partial charge in [-0.05, 0) is 24.5 Å². The molecule has 1 aliphatic rings. The molecule has 1 aromatic carbocycles. The second-order valence-corrected chi connectivity index (χ2v) is 9.03. The van der Waals surface area contributed by atoms with Crippen LogP contribution in [0, 0.1) is 18.3 Å². The molecular weight excluding hydrogens is 348 g/mol. The van der Waals surface area contributed by atoms with E-state index in [2.05, 4.69) is 36.3 Å². The van der Waals surface area contributed by atoms with Crippen LogP contribution in [0.4, 0.5) is 10.8 Å². The van der Waals surface area contributed by atoms with Gasteiger partial charge >= 0.3 is 0 Å². The van der Waals surface area contributed by atoms with Gasteiger partial charge in [0.15, 0.2) is 0 Å². The fraction of sp³-hybridized carbons (Fsp3) is 0.474. The molecule has 0 radical (unpaired) electrons. The van der Waals surface area contributed by atoms with Crippen molar-refractivity contribution in [3.8, 4) is 0 Å². The van der Waals surface area contributed by atoms with Gasteiger partial charge in [-0.1, -0.05) is 49.8 Å². The zero-order valence-corrected chi connectivity index (χ0v) is 16.4. The van der Waals surface area contributed by atoms with E-state index in [1.807, 2.05) is 31.2 Å². The number of hydrogen-bond acceptors (Lipinski definition) is 5. The van der Waals surface area contributed by atoms with E-state index >= 15 is 0 Å². The zero-order valence-electron chi connectivity index (χ0n) is 15.6. The highest BCUT2D eigenvalue weighted by Crippen LogP contribution is 2.28. The van der Waals surface area contributed by atoms with Crippen molar-refractivity contribution >= 4 is 34.0 Å². The molecule has 1 saturated heterocycles. The summed E-state index contributed by atoms with van der Waals surface area (Å²) in [6.07, 6.45) is 1.02. The minimum atomic E-state index is -0.376. The smallest absolute Gasteiger partial charge is 0.231 e. The summed E-state index contributed by atoms with van der Waals surface area (Å²) >= 11 is 1.39. The lowest BCUT2D eigenvalue weighted by Gasteiger charge is -2.16. The molecule has 0 bridgehead atoms. The minimum Gasteiger partial charge on any atom is -0.312 e. The first-order valence-electron chi connectivity index (χ1n) is 8.71. The molecule has 2 heterocycles. The molecule has 0 saturated carbocycles. The van der Waals surface area contributed by atoms with Crippen molar-refractivity contribution in [2.24, 2.45) is 11.3 Å². The number of rotatable bonds is 4. The molecule has 1 fully saturated rings. The highest BCUT2D eigenvalue weighted by atomic mass is 32.1. The third kappa shape index (κ3) is 4.46. The maximum atomic E-state index is 12.5. The first kappa shape index (κ1) is 18.5. The molecule has 1 aliphatic heterocycles. The predicted octanol–water partition coefficient (Wildman–Crippen LogP) is 3.43. The lowest BCUT2D eigenvalue weighted by Crippen LogP contribution is -2.28. The number of benzene rings is 1. The average Bonchev–Trinajstić information content (AvgIpc) is 3.13. The van der Waals surface area contributed by atoms with Crippen LogP contribution in [0.2, 0.25) is 0 Å². The monoisotopic (exact) mass is 372 g/mol. The predicted molar refractivity (Wildman–Crippen MR) is 103 cm³/mol. The molecule has 1 aromatic heterocycles. The van der Waals surface area contributed by atoms with E-state index in [9.17, 15) is 9.59 Å². The van der Waals surface area contributed by atoms with Gasteiger partial charge in [-0.3, -0.25) is 9.59 Å². The Bertz CT molecular complexity index is 808. The quantitative estimate of drug-likeness (QED) is 0.892. The number of nitrogens with one attached hydrogen (secondary N) is 1. The third-order valence-electron chi connectivity index (χ3n) is 4.22. The standard InChI is InChI=1S/C19H24N4O2S/c1-12-5-7-14(8-6-12)23-11-13(9-16(23)24)17(25)20-18-22-21-15(26-18)10-19(2,3)4/h5-8,13H,9-11H2,1-4H3,(H,20,22,25). The van der Waals surface area contributed by atoms with E-state index < -0.39 is 0 Å². The van der Waals surface area contributed by atoms with Gasteiger partial charge in [0.1, 0.15) is 5.01 Å². The van der Waals surface area contributed by atoms with Crippen molar-refractivity contribution in [3.63, 3.8) is 0 Å². The summed E-state index contributed by atoms with van der Waals surface area (Å²) in [5, 5.41) is 12.4. The van der Waals surface area contributed by atoms with E-state index in [0.29, 0.717) is 11.7 Å². The number of aryl methyl sites for hydroxylation is 1. The summed E-state index contributed by atoms with van der Waals surface area (Å²) in [7, 11) is 0. The van der Waals surface area contributed by atoms with E-state index in [1.54, 1.807) is 4.90 Å². The maximum Gasteiger partial charge on any atom is 0.231 e. The van der Waals surface area contributed by atoms with Crippen molar-refractivity contribution in [2.45, 2.75) is 40.5 Å². The second-order valence-electron chi connectivity index (χ2n) is 7.97. The van der Waals surface area contributed by atoms with Gasteiger partial charge in [0.2, 0.25) is 16.9 Å². The summed E-state index contributed by atoms with van der Waals surface area (Å²) in [4.78, 5) is 26.5. The molecule has 7 heteroatoms.